The van der Waals surface area contributed by atoms with Gasteiger partial charge in [-0.3, -0.25) is 0 Å². The van der Waals surface area contributed by atoms with Crippen molar-refractivity contribution in [2.45, 2.75) is 18.8 Å². The molecule has 1 aromatic heterocycles. The summed E-state index contributed by atoms with van der Waals surface area (Å²) in [5.74, 6) is 0.345. The third kappa shape index (κ3) is 1.86. The lowest BCUT2D eigenvalue weighted by Gasteiger charge is -2.01. The quantitative estimate of drug-likeness (QED) is 0.798. The van der Waals surface area contributed by atoms with Crippen LogP contribution in [-0.2, 0) is 0 Å². The molecule has 2 rings (SSSR count). The van der Waals surface area contributed by atoms with Gasteiger partial charge in [-0.05, 0) is 13.0 Å². The van der Waals surface area contributed by atoms with Gasteiger partial charge in [0.1, 0.15) is 0 Å². The lowest BCUT2D eigenvalue weighted by atomic mass is 10.1. The number of hydrogen-bond acceptors (Lipinski definition) is 3. The summed E-state index contributed by atoms with van der Waals surface area (Å²) in [6.45, 7) is 1.84. The Kier molecular flexibility index (Phi) is 2.55. The Morgan fingerprint density at radius 3 is 3.00 bits per heavy atom. The number of hydrogen-bond donors (Lipinski definition) is 1. The molecule has 0 radical (unpaired) electrons. The van der Waals surface area contributed by atoms with E-state index in [2.05, 4.69) is 10.3 Å². The third-order valence-corrected chi connectivity index (χ3v) is 3.33. The van der Waals surface area contributed by atoms with Crippen LogP contribution >= 0.6 is 11.3 Å². The largest absolute Gasteiger partial charge is 0.316 e. The maximum Gasteiger partial charge on any atom is 0.274 e. The lowest BCUT2D eigenvalue weighted by molar-refractivity contribution is 0.155. The Bertz CT molecular complexity index is 281. The minimum absolute atomic E-state index is 0.0851. The molecular formula is C8H10F2N2S. The van der Waals surface area contributed by atoms with Gasteiger partial charge in [-0.2, -0.15) is 0 Å². The third-order valence-electron chi connectivity index (χ3n) is 2.17. The first kappa shape index (κ1) is 9.02. The molecule has 0 saturated carbocycles. The summed E-state index contributed by atoms with van der Waals surface area (Å²) < 4.78 is 24.4. The molecule has 1 unspecified atom stereocenters. The van der Waals surface area contributed by atoms with Crippen LogP contribution in [0.1, 0.15) is 28.6 Å². The molecule has 13 heavy (non-hydrogen) atoms. The van der Waals surface area contributed by atoms with Crippen LogP contribution in [0.15, 0.2) is 6.20 Å². The monoisotopic (exact) mass is 204 g/mol. The van der Waals surface area contributed by atoms with Gasteiger partial charge in [0.05, 0.1) is 9.88 Å². The molecule has 0 bridgehead atoms. The van der Waals surface area contributed by atoms with Gasteiger partial charge in [0.15, 0.2) is 0 Å². The molecule has 0 spiro atoms. The molecule has 1 N–H and O–H groups in total. The van der Waals surface area contributed by atoms with Crippen LogP contribution in [0.5, 0.6) is 0 Å². The Labute approximate surface area is 79.0 Å². The van der Waals surface area contributed by atoms with Crippen LogP contribution in [0.4, 0.5) is 8.78 Å². The average Bonchev–Trinajstić information content (AvgIpc) is 2.75. The molecule has 1 aromatic rings. The Hall–Kier alpha value is -0.550. The first-order valence-electron chi connectivity index (χ1n) is 4.22. The number of rotatable bonds is 2. The molecule has 5 heteroatoms. The van der Waals surface area contributed by atoms with Gasteiger partial charge >= 0.3 is 0 Å². The maximum absolute atomic E-state index is 12.2. The number of thiazole rings is 1. The van der Waals surface area contributed by atoms with Gasteiger partial charge in [0.25, 0.3) is 6.43 Å². The van der Waals surface area contributed by atoms with E-state index in [-0.39, 0.29) is 4.88 Å². The van der Waals surface area contributed by atoms with E-state index in [1.54, 1.807) is 0 Å². The van der Waals surface area contributed by atoms with E-state index in [0.717, 1.165) is 35.9 Å². The highest BCUT2D eigenvalue weighted by molar-refractivity contribution is 7.11. The molecule has 1 fully saturated rings. The molecule has 1 aliphatic rings. The zero-order chi connectivity index (χ0) is 9.26. The Morgan fingerprint density at radius 1 is 1.62 bits per heavy atom. The van der Waals surface area contributed by atoms with Crippen LogP contribution in [-0.4, -0.2) is 18.1 Å². The lowest BCUT2D eigenvalue weighted by Crippen LogP contribution is -2.07. The average molecular weight is 204 g/mol. The number of alkyl halides is 2. The second-order valence-electron chi connectivity index (χ2n) is 3.09. The summed E-state index contributed by atoms with van der Waals surface area (Å²) in [5, 5.41) is 4.04. The normalized spacial score (nSPS) is 22.8. The Morgan fingerprint density at radius 2 is 2.46 bits per heavy atom. The minimum atomic E-state index is -2.37. The molecule has 72 valence electrons. The van der Waals surface area contributed by atoms with Gasteiger partial charge in [0.2, 0.25) is 0 Å². The minimum Gasteiger partial charge on any atom is -0.316 e. The van der Waals surface area contributed by atoms with Crippen molar-refractivity contribution in [3.05, 3.63) is 16.1 Å². The fraction of sp³-hybridized carbons (Fsp3) is 0.625. The molecule has 1 atom stereocenters. The van der Waals surface area contributed by atoms with Crippen molar-refractivity contribution < 1.29 is 8.78 Å². The van der Waals surface area contributed by atoms with Crippen molar-refractivity contribution in [2.24, 2.45) is 0 Å². The SMILES string of the molecule is FC(F)c1cnc(C2CCNC2)s1. The molecule has 0 amide bonds. The van der Waals surface area contributed by atoms with Crippen LogP contribution in [0.3, 0.4) is 0 Å². The standard InChI is InChI=1S/C8H10F2N2S/c9-7(10)6-4-12-8(13-6)5-1-2-11-3-5/h4-5,7,11H,1-3H2. The van der Waals surface area contributed by atoms with E-state index < -0.39 is 6.43 Å². The van der Waals surface area contributed by atoms with Crippen molar-refractivity contribution in [1.82, 2.24) is 10.3 Å². The molecule has 0 aromatic carbocycles. The van der Waals surface area contributed by atoms with Gasteiger partial charge in [-0.25, -0.2) is 13.8 Å². The number of halogens is 2. The molecule has 2 nitrogen and oxygen atoms in total. The van der Waals surface area contributed by atoms with Crippen LogP contribution in [0, 0.1) is 0 Å². The van der Waals surface area contributed by atoms with Crippen molar-refractivity contribution in [3.8, 4) is 0 Å². The molecule has 1 saturated heterocycles. The van der Waals surface area contributed by atoms with Crippen molar-refractivity contribution in [2.75, 3.05) is 13.1 Å². The molecular weight excluding hydrogens is 194 g/mol. The summed E-state index contributed by atoms with van der Waals surface area (Å²) in [6, 6.07) is 0. The zero-order valence-corrected chi connectivity index (χ0v) is 7.78. The van der Waals surface area contributed by atoms with Crippen molar-refractivity contribution in [1.29, 1.82) is 0 Å². The first-order chi connectivity index (χ1) is 6.27. The van der Waals surface area contributed by atoms with Crippen LogP contribution in [0.2, 0.25) is 0 Å². The van der Waals surface area contributed by atoms with E-state index in [1.165, 1.54) is 6.20 Å². The van der Waals surface area contributed by atoms with Gasteiger partial charge in [-0.1, -0.05) is 0 Å². The predicted octanol–water partition coefficient (Wildman–Crippen LogP) is 2.16. The highest BCUT2D eigenvalue weighted by atomic mass is 32.1. The summed E-state index contributed by atoms with van der Waals surface area (Å²) in [4.78, 5) is 4.10. The highest BCUT2D eigenvalue weighted by Crippen LogP contribution is 2.31. The Balaban J connectivity index is 2.12. The van der Waals surface area contributed by atoms with Gasteiger partial charge < -0.3 is 5.32 Å². The fourth-order valence-corrected chi connectivity index (χ4v) is 2.37. The molecule has 1 aliphatic heterocycles. The van der Waals surface area contributed by atoms with E-state index in [1.807, 2.05) is 0 Å². The topological polar surface area (TPSA) is 24.9 Å². The van der Waals surface area contributed by atoms with Gasteiger partial charge in [-0.15, -0.1) is 11.3 Å². The van der Waals surface area contributed by atoms with E-state index in [9.17, 15) is 8.78 Å². The van der Waals surface area contributed by atoms with Crippen LogP contribution in [0.25, 0.3) is 0 Å². The molecule has 2 heterocycles. The maximum atomic E-state index is 12.2. The van der Waals surface area contributed by atoms with E-state index in [4.69, 9.17) is 0 Å². The van der Waals surface area contributed by atoms with Crippen molar-refractivity contribution >= 4 is 11.3 Å². The number of aromatic nitrogens is 1. The summed E-state index contributed by atoms with van der Waals surface area (Å²) in [7, 11) is 0. The fourth-order valence-electron chi connectivity index (χ4n) is 1.46. The van der Waals surface area contributed by atoms with E-state index >= 15 is 0 Å². The second-order valence-corrected chi connectivity index (χ2v) is 4.19. The predicted molar refractivity (Wildman–Crippen MR) is 47.3 cm³/mol. The van der Waals surface area contributed by atoms with Gasteiger partial charge in [0, 0.05) is 18.7 Å². The number of nitrogens with zero attached hydrogens (tertiary/aromatic N) is 1. The second kappa shape index (κ2) is 3.67. The molecule has 0 aliphatic carbocycles. The zero-order valence-electron chi connectivity index (χ0n) is 6.96. The summed E-state index contributed by atoms with van der Waals surface area (Å²) in [6.07, 6.45) is -0.0697. The smallest absolute Gasteiger partial charge is 0.274 e. The van der Waals surface area contributed by atoms with Crippen LogP contribution < -0.4 is 5.32 Å². The number of nitrogens with one attached hydrogen (secondary N) is 1. The van der Waals surface area contributed by atoms with Crippen molar-refractivity contribution in [3.63, 3.8) is 0 Å². The summed E-state index contributed by atoms with van der Waals surface area (Å²) in [5.41, 5.74) is 0. The van der Waals surface area contributed by atoms with E-state index in [0.29, 0.717) is 5.92 Å². The first-order valence-corrected chi connectivity index (χ1v) is 5.03. The summed E-state index contributed by atoms with van der Waals surface area (Å²) >= 11 is 1.14. The highest BCUT2D eigenvalue weighted by Gasteiger charge is 2.21.